The molecule has 44 heavy (non-hydrogen) atoms. The number of nitrogens with two attached hydrogens (primary N) is 2. The zero-order chi connectivity index (χ0) is 32.9. The van der Waals surface area contributed by atoms with Crippen LogP contribution in [0.25, 0.3) is 0 Å². The van der Waals surface area contributed by atoms with Crippen LogP contribution >= 0.6 is 12.4 Å². The number of aliphatic imine (C=N–C) groups is 1. The molecule has 5 amide bonds. The van der Waals surface area contributed by atoms with E-state index in [2.05, 4.69) is 26.3 Å². The highest BCUT2D eigenvalue weighted by Crippen LogP contribution is 2.20. The van der Waals surface area contributed by atoms with Crippen molar-refractivity contribution in [2.45, 2.75) is 117 Å². The molecule has 4 atom stereocenters. The number of hydrogen-bond acceptors (Lipinski definition) is 7. The molecule has 0 aromatic heterocycles. The molecule has 1 aliphatic rings. The minimum Gasteiger partial charge on any atom is -0.444 e. The number of carbonyl (C=O) groups is 5. The molecular weight excluding hydrogens is 592 g/mol. The SMILES string of the molecule is CCNC(=O)[C@@H]1CCCN1C(=O)[C@H](CCCN=C(N)N)NC(=O)[C@H](CC(C)C)NC(=O)[C@H](NC(=O)OC(C)(C)C)C(C)C.Cl. The summed E-state index contributed by atoms with van der Waals surface area (Å²) in [5.41, 5.74) is 10.1. The van der Waals surface area contributed by atoms with Gasteiger partial charge in [0.1, 0.15) is 29.8 Å². The summed E-state index contributed by atoms with van der Waals surface area (Å²) in [5.74, 6) is -2.08. The number of alkyl carbamates (subject to hydrolysis) is 1. The summed E-state index contributed by atoms with van der Waals surface area (Å²) in [4.78, 5) is 71.2. The fourth-order valence-electron chi connectivity index (χ4n) is 4.76. The number of carbonyl (C=O) groups excluding carboxylic acids is 5. The number of hydrogen-bond donors (Lipinski definition) is 6. The third kappa shape index (κ3) is 14.5. The van der Waals surface area contributed by atoms with Gasteiger partial charge in [-0.3, -0.25) is 24.2 Å². The Labute approximate surface area is 268 Å². The van der Waals surface area contributed by atoms with Gasteiger partial charge in [-0.1, -0.05) is 27.7 Å². The van der Waals surface area contributed by atoms with Crippen molar-refractivity contribution in [3.05, 3.63) is 0 Å². The first kappa shape index (κ1) is 40.7. The van der Waals surface area contributed by atoms with Crippen molar-refractivity contribution in [3.63, 3.8) is 0 Å². The second kappa shape index (κ2) is 19.2. The van der Waals surface area contributed by atoms with E-state index in [1.807, 2.05) is 20.8 Å². The van der Waals surface area contributed by atoms with Gasteiger partial charge in [-0.2, -0.15) is 0 Å². The Kier molecular flexibility index (Phi) is 17.7. The number of amides is 5. The molecule has 0 bridgehead atoms. The maximum absolute atomic E-state index is 13.7. The summed E-state index contributed by atoms with van der Waals surface area (Å²) >= 11 is 0. The lowest BCUT2D eigenvalue weighted by atomic mass is 9.99. The Hall–Kier alpha value is -3.29. The van der Waals surface area contributed by atoms with E-state index >= 15 is 0 Å². The second-order valence-electron chi connectivity index (χ2n) is 12.7. The highest BCUT2D eigenvalue weighted by atomic mass is 35.5. The first-order valence-corrected chi connectivity index (χ1v) is 15.2. The van der Waals surface area contributed by atoms with Crippen molar-refractivity contribution >= 4 is 48.1 Å². The highest BCUT2D eigenvalue weighted by molar-refractivity contribution is 5.95. The number of guanidine groups is 1. The number of likely N-dealkylation sites (tertiary alicyclic amines) is 1. The zero-order valence-electron chi connectivity index (χ0n) is 27.5. The van der Waals surface area contributed by atoms with Crippen molar-refractivity contribution in [2.24, 2.45) is 28.3 Å². The van der Waals surface area contributed by atoms with Gasteiger partial charge in [-0.05, 0) is 71.6 Å². The molecule has 254 valence electrons. The molecule has 0 radical (unpaired) electrons. The fraction of sp³-hybridized carbons (Fsp3) is 0.793. The topological polar surface area (TPSA) is 210 Å². The van der Waals surface area contributed by atoms with Crippen LogP contribution in [-0.4, -0.2) is 90.0 Å². The van der Waals surface area contributed by atoms with Crippen molar-refractivity contribution in [3.8, 4) is 0 Å². The van der Waals surface area contributed by atoms with Gasteiger partial charge in [0.2, 0.25) is 23.6 Å². The smallest absolute Gasteiger partial charge is 0.408 e. The molecule has 1 heterocycles. The Morgan fingerprint density at radius 1 is 0.977 bits per heavy atom. The van der Waals surface area contributed by atoms with Gasteiger partial charge in [-0.15, -0.1) is 12.4 Å². The predicted molar refractivity (Wildman–Crippen MR) is 172 cm³/mol. The number of likely N-dealkylation sites (N-methyl/N-ethyl adjacent to an activating group) is 1. The molecule has 0 aromatic rings. The molecular formula is C29H55ClN8O6. The fourth-order valence-corrected chi connectivity index (χ4v) is 4.76. The lowest BCUT2D eigenvalue weighted by Crippen LogP contribution is -2.59. The maximum atomic E-state index is 13.7. The second-order valence-corrected chi connectivity index (χ2v) is 12.7. The van der Waals surface area contributed by atoms with Gasteiger partial charge in [0.15, 0.2) is 5.96 Å². The lowest BCUT2D eigenvalue weighted by Gasteiger charge is -2.31. The molecule has 0 aromatic carbocycles. The summed E-state index contributed by atoms with van der Waals surface area (Å²) in [6.45, 7) is 15.4. The van der Waals surface area contributed by atoms with Crippen LogP contribution in [-0.2, 0) is 23.9 Å². The molecule has 0 aliphatic carbocycles. The van der Waals surface area contributed by atoms with Crippen LogP contribution in [0.2, 0.25) is 0 Å². The minimum atomic E-state index is -0.986. The standard InChI is InChI=1S/C29H54N8O6.ClH/c1-9-32-24(39)21-13-11-15-37(21)26(41)19(12-10-14-33-27(30)31)34-23(38)20(16-17(2)3)35-25(40)22(18(4)5)36-28(42)43-29(6,7)8;/h17-22H,9-16H2,1-8H3,(H,32,39)(H,34,38)(H,35,40)(H,36,42)(H4,30,31,33);1H/t19-,20-,21-,22+;/m0./s1. The minimum absolute atomic E-state index is 0. The number of nitrogens with one attached hydrogen (secondary N) is 4. The van der Waals surface area contributed by atoms with Crippen LogP contribution in [0.3, 0.4) is 0 Å². The summed E-state index contributed by atoms with van der Waals surface area (Å²) in [7, 11) is 0. The summed E-state index contributed by atoms with van der Waals surface area (Å²) in [6, 6.07) is -3.54. The van der Waals surface area contributed by atoms with Crippen molar-refractivity contribution in [2.75, 3.05) is 19.6 Å². The molecule has 0 spiro atoms. The Balaban J connectivity index is 0.0000185. The van der Waals surface area contributed by atoms with E-state index in [4.69, 9.17) is 16.2 Å². The first-order chi connectivity index (χ1) is 20.0. The van der Waals surface area contributed by atoms with E-state index in [1.165, 1.54) is 4.90 Å². The monoisotopic (exact) mass is 646 g/mol. The average Bonchev–Trinajstić information content (AvgIpc) is 3.36. The lowest BCUT2D eigenvalue weighted by molar-refractivity contribution is -0.142. The molecule has 1 saturated heterocycles. The van der Waals surface area contributed by atoms with E-state index in [-0.39, 0.29) is 61.4 Å². The van der Waals surface area contributed by atoms with Crippen LogP contribution in [0.1, 0.15) is 87.5 Å². The Morgan fingerprint density at radius 2 is 1.59 bits per heavy atom. The van der Waals surface area contributed by atoms with E-state index in [0.29, 0.717) is 32.4 Å². The van der Waals surface area contributed by atoms with Crippen LogP contribution < -0.4 is 32.7 Å². The van der Waals surface area contributed by atoms with E-state index in [9.17, 15) is 24.0 Å². The maximum Gasteiger partial charge on any atom is 0.408 e. The van der Waals surface area contributed by atoms with Gasteiger partial charge < -0.3 is 42.4 Å². The summed E-state index contributed by atoms with van der Waals surface area (Å²) < 4.78 is 5.31. The van der Waals surface area contributed by atoms with E-state index in [1.54, 1.807) is 34.6 Å². The third-order valence-corrected chi connectivity index (χ3v) is 6.71. The van der Waals surface area contributed by atoms with Gasteiger partial charge in [0, 0.05) is 19.6 Å². The Morgan fingerprint density at radius 3 is 2.11 bits per heavy atom. The van der Waals surface area contributed by atoms with Crippen LogP contribution in [0.5, 0.6) is 0 Å². The van der Waals surface area contributed by atoms with Gasteiger partial charge in [0.05, 0.1) is 0 Å². The van der Waals surface area contributed by atoms with E-state index in [0.717, 1.165) is 0 Å². The van der Waals surface area contributed by atoms with Crippen molar-refractivity contribution in [1.82, 2.24) is 26.2 Å². The van der Waals surface area contributed by atoms with Gasteiger partial charge in [-0.25, -0.2) is 4.79 Å². The van der Waals surface area contributed by atoms with Crippen LogP contribution in [0, 0.1) is 11.8 Å². The molecule has 0 saturated carbocycles. The molecule has 15 heteroatoms. The Bertz CT molecular complexity index is 997. The predicted octanol–water partition coefficient (Wildman–Crippen LogP) is 1.15. The molecule has 14 nitrogen and oxygen atoms in total. The van der Waals surface area contributed by atoms with Gasteiger partial charge in [0.25, 0.3) is 0 Å². The zero-order valence-corrected chi connectivity index (χ0v) is 28.3. The third-order valence-electron chi connectivity index (χ3n) is 6.71. The summed E-state index contributed by atoms with van der Waals surface area (Å²) in [6.07, 6.45) is 1.34. The van der Waals surface area contributed by atoms with Crippen LogP contribution in [0.4, 0.5) is 4.79 Å². The molecule has 1 fully saturated rings. The number of halogens is 1. The van der Waals surface area contributed by atoms with Gasteiger partial charge >= 0.3 is 6.09 Å². The largest absolute Gasteiger partial charge is 0.444 e. The quantitative estimate of drug-likeness (QED) is 0.0861. The number of nitrogens with zero attached hydrogens (tertiary/aromatic N) is 2. The summed E-state index contributed by atoms with van der Waals surface area (Å²) in [5, 5.41) is 11.0. The van der Waals surface area contributed by atoms with Crippen LogP contribution in [0.15, 0.2) is 4.99 Å². The number of rotatable bonds is 15. The molecule has 8 N–H and O–H groups in total. The highest BCUT2D eigenvalue weighted by Gasteiger charge is 2.38. The number of ether oxygens (including phenoxy) is 1. The normalized spacial score (nSPS) is 16.7. The molecule has 1 rings (SSSR count). The van der Waals surface area contributed by atoms with Crippen molar-refractivity contribution < 1.29 is 28.7 Å². The average molecular weight is 647 g/mol. The van der Waals surface area contributed by atoms with E-state index < -0.39 is 47.7 Å². The first-order valence-electron chi connectivity index (χ1n) is 15.2. The molecule has 0 unspecified atom stereocenters. The molecule has 1 aliphatic heterocycles. The van der Waals surface area contributed by atoms with Crippen molar-refractivity contribution in [1.29, 1.82) is 0 Å².